The van der Waals surface area contributed by atoms with Crippen LogP contribution in [-0.2, 0) is 11.3 Å². The van der Waals surface area contributed by atoms with E-state index in [1.165, 1.54) is 7.11 Å². The number of anilines is 2. The Labute approximate surface area is 111 Å². The molecule has 0 unspecified atom stereocenters. The summed E-state index contributed by atoms with van der Waals surface area (Å²) in [7, 11) is 1.33. The van der Waals surface area contributed by atoms with Crippen LogP contribution in [0, 0.1) is 0 Å². The lowest BCUT2D eigenvalue weighted by atomic mass is 10.1. The highest BCUT2D eigenvalue weighted by Gasteiger charge is 2.12. The van der Waals surface area contributed by atoms with E-state index in [1.807, 2.05) is 18.2 Å². The summed E-state index contributed by atoms with van der Waals surface area (Å²) in [5.41, 5.74) is 8.49. The van der Waals surface area contributed by atoms with Gasteiger partial charge in [0.15, 0.2) is 0 Å². The summed E-state index contributed by atoms with van der Waals surface area (Å²) in [6, 6.07) is 9.04. The van der Waals surface area contributed by atoms with Gasteiger partial charge in [-0.2, -0.15) is 0 Å². The molecule has 0 bridgehead atoms. The van der Waals surface area contributed by atoms with Crippen LogP contribution in [0.15, 0.2) is 42.7 Å². The van der Waals surface area contributed by atoms with Crippen molar-refractivity contribution in [3.8, 4) is 0 Å². The van der Waals surface area contributed by atoms with Gasteiger partial charge in [-0.25, -0.2) is 4.79 Å². The van der Waals surface area contributed by atoms with Gasteiger partial charge < -0.3 is 15.8 Å². The number of carbonyl (C=O) groups excluding carboxylic acids is 1. The van der Waals surface area contributed by atoms with Crippen LogP contribution >= 0.6 is 0 Å². The predicted octanol–water partition coefficient (Wildman–Crippen LogP) is 2.06. The number of hydrogen-bond donors (Lipinski definition) is 2. The maximum Gasteiger partial charge on any atom is 0.340 e. The average molecular weight is 257 g/mol. The van der Waals surface area contributed by atoms with Gasteiger partial charge in [0.25, 0.3) is 0 Å². The third kappa shape index (κ3) is 3.01. The van der Waals surface area contributed by atoms with Crippen molar-refractivity contribution in [2.75, 3.05) is 18.2 Å². The van der Waals surface area contributed by atoms with Gasteiger partial charge in [0.1, 0.15) is 0 Å². The summed E-state index contributed by atoms with van der Waals surface area (Å²) in [5, 5.41) is 3.19. The number of para-hydroxylation sites is 1. The highest BCUT2D eigenvalue weighted by atomic mass is 16.5. The zero-order valence-electron chi connectivity index (χ0n) is 10.6. The Kier molecular flexibility index (Phi) is 3.97. The fourth-order valence-corrected chi connectivity index (χ4v) is 1.71. The first kappa shape index (κ1) is 12.9. The summed E-state index contributed by atoms with van der Waals surface area (Å²) < 4.78 is 4.68. The molecule has 5 nitrogen and oxygen atoms in total. The van der Waals surface area contributed by atoms with Crippen LogP contribution < -0.4 is 11.1 Å². The van der Waals surface area contributed by atoms with Crippen LogP contribution in [0.3, 0.4) is 0 Å². The number of nitrogen functional groups attached to an aromatic ring is 1. The van der Waals surface area contributed by atoms with Crippen LogP contribution in [0.5, 0.6) is 0 Å². The van der Waals surface area contributed by atoms with E-state index in [1.54, 1.807) is 24.5 Å². The van der Waals surface area contributed by atoms with Crippen LogP contribution in [0.25, 0.3) is 0 Å². The smallest absolute Gasteiger partial charge is 0.340 e. The van der Waals surface area contributed by atoms with E-state index in [9.17, 15) is 4.79 Å². The molecule has 1 heterocycles. The zero-order valence-corrected chi connectivity index (χ0v) is 10.6. The molecular weight excluding hydrogens is 242 g/mol. The van der Waals surface area contributed by atoms with E-state index in [4.69, 9.17) is 5.73 Å². The molecule has 0 saturated heterocycles. The number of nitrogens with two attached hydrogens (primary N) is 1. The predicted molar refractivity (Wildman–Crippen MR) is 73.8 cm³/mol. The van der Waals surface area contributed by atoms with Gasteiger partial charge in [0, 0.05) is 18.9 Å². The van der Waals surface area contributed by atoms with Crippen LogP contribution in [-0.4, -0.2) is 18.1 Å². The molecule has 2 aromatic rings. The number of methoxy groups -OCH3 is 1. The number of aromatic nitrogens is 1. The molecule has 0 atom stereocenters. The second kappa shape index (κ2) is 5.86. The minimum Gasteiger partial charge on any atom is -0.465 e. The molecular formula is C14H15N3O2. The van der Waals surface area contributed by atoms with E-state index in [0.717, 1.165) is 5.56 Å². The number of nitrogens with zero attached hydrogens (tertiary/aromatic N) is 1. The topological polar surface area (TPSA) is 77.2 Å². The van der Waals surface area contributed by atoms with E-state index in [-0.39, 0.29) is 0 Å². The normalized spacial score (nSPS) is 9.95. The van der Waals surface area contributed by atoms with Crippen LogP contribution in [0.2, 0.25) is 0 Å². The van der Waals surface area contributed by atoms with E-state index in [2.05, 4.69) is 15.0 Å². The molecule has 19 heavy (non-hydrogen) atoms. The Morgan fingerprint density at radius 1 is 1.32 bits per heavy atom. The Hall–Kier alpha value is -2.56. The molecule has 0 aliphatic rings. The van der Waals surface area contributed by atoms with Crippen LogP contribution in [0.1, 0.15) is 15.9 Å². The summed E-state index contributed by atoms with van der Waals surface area (Å²) in [6.07, 6.45) is 3.45. The standard InChI is InChI=1S/C14H15N3O2/c1-19-14(18)11-3-2-4-12(13(11)15)17-9-10-5-7-16-8-6-10/h2-8,17H,9,15H2,1H3. The summed E-state index contributed by atoms with van der Waals surface area (Å²) >= 11 is 0. The van der Waals surface area contributed by atoms with Crippen molar-refractivity contribution in [3.05, 3.63) is 53.9 Å². The largest absolute Gasteiger partial charge is 0.465 e. The summed E-state index contributed by atoms with van der Waals surface area (Å²) in [5.74, 6) is -0.440. The Morgan fingerprint density at radius 3 is 2.74 bits per heavy atom. The highest BCUT2D eigenvalue weighted by Crippen LogP contribution is 2.23. The Balaban J connectivity index is 2.15. The molecule has 5 heteroatoms. The monoisotopic (exact) mass is 257 g/mol. The lowest BCUT2D eigenvalue weighted by Gasteiger charge is -2.11. The minimum atomic E-state index is -0.440. The number of rotatable bonds is 4. The quantitative estimate of drug-likeness (QED) is 0.647. The first-order valence-electron chi connectivity index (χ1n) is 5.82. The molecule has 0 saturated carbocycles. The number of pyridine rings is 1. The van der Waals surface area contributed by atoms with Gasteiger partial charge in [-0.15, -0.1) is 0 Å². The van der Waals surface area contributed by atoms with Crippen molar-refractivity contribution in [2.45, 2.75) is 6.54 Å². The Bertz CT molecular complexity index is 570. The molecule has 98 valence electrons. The molecule has 0 aliphatic carbocycles. The molecule has 1 aromatic carbocycles. The van der Waals surface area contributed by atoms with Gasteiger partial charge in [-0.05, 0) is 29.8 Å². The lowest BCUT2D eigenvalue weighted by molar-refractivity contribution is 0.0602. The number of carbonyl (C=O) groups is 1. The fourth-order valence-electron chi connectivity index (χ4n) is 1.71. The number of hydrogen-bond acceptors (Lipinski definition) is 5. The van der Waals surface area contributed by atoms with Crippen molar-refractivity contribution >= 4 is 17.3 Å². The third-order valence-corrected chi connectivity index (χ3v) is 2.74. The van der Waals surface area contributed by atoms with Gasteiger partial charge in [-0.3, -0.25) is 4.98 Å². The van der Waals surface area contributed by atoms with Crippen molar-refractivity contribution in [3.63, 3.8) is 0 Å². The maximum absolute atomic E-state index is 11.5. The minimum absolute atomic E-state index is 0.363. The number of ether oxygens (including phenoxy) is 1. The number of benzene rings is 1. The molecule has 0 amide bonds. The molecule has 0 fully saturated rings. The van der Waals surface area contributed by atoms with Crippen molar-refractivity contribution in [2.24, 2.45) is 0 Å². The van der Waals surface area contributed by atoms with Crippen molar-refractivity contribution in [1.82, 2.24) is 4.98 Å². The van der Waals surface area contributed by atoms with Crippen molar-refractivity contribution < 1.29 is 9.53 Å². The molecule has 0 spiro atoms. The molecule has 2 rings (SSSR count). The molecule has 3 N–H and O–H groups in total. The van der Waals surface area contributed by atoms with Gasteiger partial charge >= 0.3 is 5.97 Å². The average Bonchev–Trinajstić information content (AvgIpc) is 2.46. The van der Waals surface area contributed by atoms with Crippen molar-refractivity contribution in [1.29, 1.82) is 0 Å². The fraction of sp³-hybridized carbons (Fsp3) is 0.143. The van der Waals surface area contributed by atoms with Gasteiger partial charge in [0.2, 0.25) is 0 Å². The second-order valence-corrected chi connectivity index (χ2v) is 3.97. The van der Waals surface area contributed by atoms with Crippen LogP contribution in [0.4, 0.5) is 11.4 Å². The molecule has 0 aliphatic heterocycles. The molecule has 0 radical (unpaired) electrons. The number of esters is 1. The van der Waals surface area contributed by atoms with E-state index >= 15 is 0 Å². The summed E-state index contributed by atoms with van der Waals surface area (Å²) in [6.45, 7) is 0.608. The molecule has 1 aromatic heterocycles. The first-order chi connectivity index (χ1) is 9.22. The third-order valence-electron chi connectivity index (χ3n) is 2.74. The highest BCUT2D eigenvalue weighted by molar-refractivity contribution is 5.98. The maximum atomic E-state index is 11.5. The summed E-state index contributed by atoms with van der Waals surface area (Å²) in [4.78, 5) is 15.5. The Morgan fingerprint density at radius 2 is 2.05 bits per heavy atom. The van der Waals surface area contributed by atoms with E-state index < -0.39 is 5.97 Å². The zero-order chi connectivity index (χ0) is 13.7. The van der Waals surface area contributed by atoms with E-state index in [0.29, 0.717) is 23.5 Å². The van der Waals surface area contributed by atoms with Gasteiger partial charge in [-0.1, -0.05) is 6.07 Å². The lowest BCUT2D eigenvalue weighted by Crippen LogP contribution is -2.09. The SMILES string of the molecule is COC(=O)c1cccc(NCc2ccncc2)c1N. The first-order valence-corrected chi connectivity index (χ1v) is 5.82. The second-order valence-electron chi connectivity index (χ2n) is 3.97. The van der Waals surface area contributed by atoms with Gasteiger partial charge in [0.05, 0.1) is 24.0 Å². The number of nitrogens with one attached hydrogen (secondary N) is 1.